The van der Waals surface area contributed by atoms with Gasteiger partial charge in [-0.05, 0) is 48.4 Å². The predicted octanol–water partition coefficient (Wildman–Crippen LogP) is 3.83. The summed E-state index contributed by atoms with van der Waals surface area (Å²) in [4.78, 5) is 23.7. The van der Waals surface area contributed by atoms with Crippen molar-refractivity contribution in [1.82, 2.24) is 10.6 Å². The van der Waals surface area contributed by atoms with Gasteiger partial charge in [0.05, 0.1) is 0 Å². The highest BCUT2D eigenvalue weighted by atomic mass is 79.9. The maximum atomic E-state index is 12.1. The Kier molecular flexibility index (Phi) is 7.86. The van der Waals surface area contributed by atoms with Gasteiger partial charge in [0.25, 0.3) is 5.91 Å². The van der Waals surface area contributed by atoms with Crippen molar-refractivity contribution in [3.63, 3.8) is 0 Å². The monoisotopic (exact) mass is 458 g/mol. The van der Waals surface area contributed by atoms with Gasteiger partial charge in [-0.15, -0.1) is 13.2 Å². The summed E-state index contributed by atoms with van der Waals surface area (Å²) in [5.41, 5.74) is 1.26. The molecule has 0 saturated heterocycles. The fourth-order valence-electron chi connectivity index (χ4n) is 2.29. The molecule has 0 heterocycles. The van der Waals surface area contributed by atoms with Gasteiger partial charge in [0.2, 0.25) is 5.91 Å². The molecule has 0 spiro atoms. The van der Waals surface area contributed by atoms with E-state index in [0.29, 0.717) is 18.5 Å². The second-order valence-corrected chi connectivity index (χ2v) is 6.72. The fourth-order valence-corrected chi connectivity index (χ4v) is 2.55. The van der Waals surface area contributed by atoms with Gasteiger partial charge in [0.15, 0.2) is 0 Å². The molecule has 0 fully saturated rings. The molecule has 2 rings (SSSR count). The number of hydrogen-bond donors (Lipinski definition) is 2. The van der Waals surface area contributed by atoms with E-state index < -0.39 is 6.36 Å². The number of carbonyl (C=O) groups excluding carboxylic acids is 2. The molecule has 9 heteroatoms. The van der Waals surface area contributed by atoms with Crippen molar-refractivity contribution in [3.05, 3.63) is 64.1 Å². The van der Waals surface area contributed by atoms with Crippen LogP contribution in [0.1, 0.15) is 22.3 Å². The number of halogens is 4. The van der Waals surface area contributed by atoms with Gasteiger partial charge < -0.3 is 15.4 Å². The van der Waals surface area contributed by atoms with Gasteiger partial charge in [-0.3, -0.25) is 9.59 Å². The number of nitrogens with one attached hydrogen (secondary N) is 2. The number of benzene rings is 2. The summed E-state index contributed by atoms with van der Waals surface area (Å²) in [6.07, 6.45) is -4.13. The molecule has 0 atom stereocenters. The Morgan fingerprint density at radius 2 is 1.57 bits per heavy atom. The number of rotatable bonds is 8. The molecule has 0 aromatic heterocycles. The normalized spacial score (nSPS) is 11.0. The van der Waals surface area contributed by atoms with Gasteiger partial charge in [0, 0.05) is 29.5 Å². The van der Waals surface area contributed by atoms with Crippen LogP contribution in [0.3, 0.4) is 0 Å². The predicted molar refractivity (Wildman–Crippen MR) is 101 cm³/mol. The summed E-state index contributed by atoms with van der Waals surface area (Å²) in [5, 5.41) is 5.36. The van der Waals surface area contributed by atoms with E-state index in [1.54, 1.807) is 24.3 Å². The van der Waals surface area contributed by atoms with E-state index in [2.05, 4.69) is 31.3 Å². The van der Waals surface area contributed by atoms with E-state index in [1.165, 1.54) is 24.3 Å². The van der Waals surface area contributed by atoms with Gasteiger partial charge in [-0.2, -0.15) is 0 Å². The molecule has 0 bridgehead atoms. The van der Waals surface area contributed by atoms with E-state index in [-0.39, 0.29) is 30.5 Å². The lowest BCUT2D eigenvalue weighted by Crippen LogP contribution is -2.31. The maximum absolute atomic E-state index is 12.1. The SMILES string of the molecule is O=C(CCNC(=O)c1ccc(Br)cc1)NCCc1ccc(OC(F)(F)F)cc1. The Hall–Kier alpha value is -2.55. The number of alkyl halides is 3. The lowest BCUT2D eigenvalue weighted by atomic mass is 10.1. The molecule has 0 radical (unpaired) electrons. The van der Waals surface area contributed by atoms with E-state index in [0.717, 1.165) is 10.0 Å². The number of carbonyl (C=O) groups is 2. The molecule has 0 unspecified atom stereocenters. The van der Waals surface area contributed by atoms with Crippen LogP contribution < -0.4 is 15.4 Å². The highest BCUT2D eigenvalue weighted by Crippen LogP contribution is 2.22. The summed E-state index contributed by atoms with van der Waals surface area (Å²) in [6.45, 7) is 0.531. The molecule has 28 heavy (non-hydrogen) atoms. The minimum Gasteiger partial charge on any atom is -0.406 e. The summed E-state index contributed by atoms with van der Waals surface area (Å²) in [7, 11) is 0. The molecule has 0 aliphatic carbocycles. The van der Waals surface area contributed by atoms with Gasteiger partial charge in [-0.1, -0.05) is 28.1 Å². The first kappa shape index (κ1) is 21.7. The van der Waals surface area contributed by atoms with Crippen LogP contribution in [0.4, 0.5) is 13.2 Å². The molecule has 2 N–H and O–H groups in total. The van der Waals surface area contributed by atoms with Crippen molar-refractivity contribution < 1.29 is 27.5 Å². The lowest BCUT2D eigenvalue weighted by molar-refractivity contribution is -0.274. The average Bonchev–Trinajstić information content (AvgIpc) is 2.62. The Labute approximate surface area is 168 Å². The molecule has 2 aromatic carbocycles. The van der Waals surface area contributed by atoms with Crippen molar-refractivity contribution >= 4 is 27.7 Å². The largest absolute Gasteiger partial charge is 0.573 e. The fraction of sp³-hybridized carbons (Fsp3) is 0.263. The first-order chi connectivity index (χ1) is 13.2. The quantitative estimate of drug-likeness (QED) is 0.631. The third-order valence-electron chi connectivity index (χ3n) is 3.64. The molecule has 0 aliphatic heterocycles. The Balaban J connectivity index is 1.64. The van der Waals surface area contributed by atoms with Crippen LogP contribution >= 0.6 is 15.9 Å². The summed E-state index contributed by atoms with van der Waals surface area (Å²) < 4.78 is 41.0. The summed E-state index contributed by atoms with van der Waals surface area (Å²) in [5.74, 6) is -0.781. The topological polar surface area (TPSA) is 67.4 Å². The van der Waals surface area contributed by atoms with Crippen LogP contribution in [-0.2, 0) is 11.2 Å². The molecule has 2 aromatic rings. The highest BCUT2D eigenvalue weighted by Gasteiger charge is 2.30. The molecular weight excluding hydrogens is 441 g/mol. The Bertz CT molecular complexity index is 794. The minimum atomic E-state index is -4.72. The van der Waals surface area contributed by atoms with Crippen LogP contribution in [0.5, 0.6) is 5.75 Å². The number of amides is 2. The Morgan fingerprint density at radius 3 is 2.18 bits per heavy atom. The van der Waals surface area contributed by atoms with Crippen molar-refractivity contribution in [3.8, 4) is 5.75 Å². The van der Waals surface area contributed by atoms with Crippen LogP contribution in [-0.4, -0.2) is 31.3 Å². The standard InChI is InChI=1S/C19H18BrF3N2O3/c20-15-5-3-14(4-6-15)18(27)25-12-10-17(26)24-11-9-13-1-7-16(8-2-13)28-19(21,22)23/h1-8H,9-12H2,(H,24,26)(H,25,27). The average molecular weight is 459 g/mol. The van der Waals surface area contributed by atoms with Gasteiger partial charge >= 0.3 is 6.36 Å². The molecule has 2 amide bonds. The zero-order valence-electron chi connectivity index (χ0n) is 14.7. The lowest BCUT2D eigenvalue weighted by Gasteiger charge is -2.10. The molecule has 150 valence electrons. The Morgan fingerprint density at radius 1 is 0.929 bits per heavy atom. The maximum Gasteiger partial charge on any atom is 0.573 e. The molecular formula is C19H18BrF3N2O3. The third-order valence-corrected chi connectivity index (χ3v) is 4.17. The van der Waals surface area contributed by atoms with E-state index >= 15 is 0 Å². The van der Waals surface area contributed by atoms with Crippen molar-refractivity contribution in [2.75, 3.05) is 13.1 Å². The highest BCUT2D eigenvalue weighted by molar-refractivity contribution is 9.10. The molecule has 0 aliphatic rings. The van der Waals surface area contributed by atoms with E-state index in [1.807, 2.05) is 0 Å². The van der Waals surface area contributed by atoms with E-state index in [9.17, 15) is 22.8 Å². The zero-order valence-corrected chi connectivity index (χ0v) is 16.3. The zero-order chi connectivity index (χ0) is 20.6. The summed E-state index contributed by atoms with van der Waals surface area (Å²) >= 11 is 3.29. The molecule has 5 nitrogen and oxygen atoms in total. The third kappa shape index (κ3) is 7.99. The van der Waals surface area contributed by atoms with E-state index in [4.69, 9.17) is 0 Å². The van der Waals surface area contributed by atoms with Crippen molar-refractivity contribution in [2.24, 2.45) is 0 Å². The first-order valence-corrected chi connectivity index (χ1v) is 9.17. The van der Waals surface area contributed by atoms with Crippen molar-refractivity contribution in [1.29, 1.82) is 0 Å². The van der Waals surface area contributed by atoms with Crippen LogP contribution in [0.25, 0.3) is 0 Å². The van der Waals surface area contributed by atoms with Gasteiger partial charge in [-0.25, -0.2) is 0 Å². The van der Waals surface area contributed by atoms with Gasteiger partial charge in [0.1, 0.15) is 5.75 Å². The van der Waals surface area contributed by atoms with Crippen LogP contribution in [0.2, 0.25) is 0 Å². The first-order valence-electron chi connectivity index (χ1n) is 8.38. The van der Waals surface area contributed by atoms with Crippen molar-refractivity contribution in [2.45, 2.75) is 19.2 Å². The van der Waals surface area contributed by atoms with Crippen LogP contribution in [0.15, 0.2) is 53.0 Å². The molecule has 0 saturated carbocycles. The number of hydrogen-bond acceptors (Lipinski definition) is 3. The summed E-state index contributed by atoms with van der Waals surface area (Å²) in [6, 6.07) is 12.3. The smallest absolute Gasteiger partial charge is 0.406 e. The minimum absolute atomic E-state index is 0.126. The second kappa shape index (κ2) is 10.1. The second-order valence-electron chi connectivity index (χ2n) is 5.80. The van der Waals surface area contributed by atoms with Crippen LogP contribution in [0, 0.1) is 0 Å². The number of ether oxygens (including phenoxy) is 1.